The topological polar surface area (TPSA) is 38.3 Å². The van der Waals surface area contributed by atoms with E-state index in [0.717, 1.165) is 12.5 Å². The van der Waals surface area contributed by atoms with Gasteiger partial charge in [-0.05, 0) is 36.5 Å². The minimum Gasteiger partial charge on any atom is -0.415 e. The molecule has 1 aromatic rings. The molecule has 1 heterocycles. The van der Waals surface area contributed by atoms with Crippen LogP contribution >= 0.6 is 27.5 Å². The average Bonchev–Trinajstić information content (AvgIpc) is 3.23. The lowest BCUT2D eigenvalue weighted by atomic mass is 9.90. The van der Waals surface area contributed by atoms with Crippen molar-refractivity contribution < 1.29 is 22.7 Å². The van der Waals surface area contributed by atoms with E-state index in [0.29, 0.717) is 5.33 Å². The van der Waals surface area contributed by atoms with Crippen molar-refractivity contribution in [2.24, 2.45) is 11.8 Å². The lowest BCUT2D eigenvalue weighted by molar-refractivity contribution is -0.239. The molecule has 3 unspecified atom stereocenters. The molecular formula is C15H10BrClF3NO2. The van der Waals surface area contributed by atoms with E-state index < -0.39 is 17.9 Å². The van der Waals surface area contributed by atoms with Gasteiger partial charge in [0.25, 0.3) is 5.60 Å². The lowest BCUT2D eigenvalue weighted by Crippen LogP contribution is -2.49. The highest BCUT2D eigenvalue weighted by atomic mass is 79.9. The van der Waals surface area contributed by atoms with Crippen LogP contribution in [0.4, 0.5) is 23.7 Å². The molecule has 3 nitrogen and oxygen atoms in total. The number of rotatable bonds is 1. The molecule has 0 bridgehead atoms. The third kappa shape index (κ3) is 2.90. The first-order chi connectivity index (χ1) is 10.8. The van der Waals surface area contributed by atoms with Crippen LogP contribution in [-0.2, 0) is 10.3 Å². The van der Waals surface area contributed by atoms with Crippen molar-refractivity contribution in [2.75, 3.05) is 10.6 Å². The molecule has 1 aliphatic heterocycles. The van der Waals surface area contributed by atoms with Crippen molar-refractivity contribution in [1.29, 1.82) is 0 Å². The third-order valence-corrected chi connectivity index (χ3v) is 4.86. The number of hydrogen-bond acceptors (Lipinski definition) is 2. The van der Waals surface area contributed by atoms with Gasteiger partial charge in [0.05, 0.1) is 5.69 Å². The largest absolute Gasteiger partial charge is 0.445 e. The van der Waals surface area contributed by atoms with Crippen molar-refractivity contribution in [3.05, 3.63) is 28.8 Å². The van der Waals surface area contributed by atoms with Crippen molar-refractivity contribution in [3.63, 3.8) is 0 Å². The summed E-state index contributed by atoms with van der Waals surface area (Å²) in [6.07, 6.45) is -5.36. The Morgan fingerprint density at radius 1 is 1.48 bits per heavy atom. The number of carbonyl (C=O) groups is 1. The fourth-order valence-electron chi connectivity index (χ4n) is 2.41. The van der Waals surface area contributed by atoms with Gasteiger partial charge in [-0.2, -0.15) is 13.2 Å². The van der Waals surface area contributed by atoms with Crippen LogP contribution in [-0.4, -0.2) is 17.6 Å². The van der Waals surface area contributed by atoms with E-state index >= 15 is 0 Å². The molecule has 0 aromatic heterocycles. The molecule has 122 valence electrons. The zero-order valence-electron chi connectivity index (χ0n) is 11.5. The van der Waals surface area contributed by atoms with Crippen LogP contribution in [0.25, 0.3) is 0 Å². The number of amides is 1. The molecule has 23 heavy (non-hydrogen) atoms. The Bertz CT molecular complexity index is 728. The maximum atomic E-state index is 13.8. The van der Waals surface area contributed by atoms with E-state index in [4.69, 9.17) is 11.6 Å². The second-order valence-corrected chi connectivity index (χ2v) is 6.49. The summed E-state index contributed by atoms with van der Waals surface area (Å²) < 4.78 is 46.0. The Labute approximate surface area is 143 Å². The molecule has 0 spiro atoms. The first-order valence-corrected chi connectivity index (χ1v) is 8.22. The van der Waals surface area contributed by atoms with E-state index in [9.17, 15) is 18.0 Å². The number of cyclic esters (lactones) is 1. The third-order valence-electron chi connectivity index (χ3n) is 3.80. The van der Waals surface area contributed by atoms with E-state index in [1.54, 1.807) is 0 Å². The molecule has 1 N–H and O–H groups in total. The van der Waals surface area contributed by atoms with Gasteiger partial charge < -0.3 is 4.74 Å². The summed E-state index contributed by atoms with van der Waals surface area (Å²) in [5, 5.41) is 3.02. The number of alkyl halides is 4. The Morgan fingerprint density at radius 2 is 2.22 bits per heavy atom. The van der Waals surface area contributed by atoms with Gasteiger partial charge in [0.15, 0.2) is 0 Å². The summed E-state index contributed by atoms with van der Waals surface area (Å²) in [5.74, 6) is 4.88. The summed E-state index contributed by atoms with van der Waals surface area (Å²) in [4.78, 5) is 11.6. The second-order valence-electron chi connectivity index (χ2n) is 5.41. The molecule has 0 saturated heterocycles. The molecular weight excluding hydrogens is 399 g/mol. The number of nitrogens with one attached hydrogen (secondary N) is 1. The minimum atomic E-state index is -4.89. The lowest BCUT2D eigenvalue weighted by Gasteiger charge is -2.35. The van der Waals surface area contributed by atoms with Crippen LogP contribution in [0, 0.1) is 23.7 Å². The van der Waals surface area contributed by atoms with E-state index in [-0.39, 0.29) is 28.1 Å². The number of carbonyl (C=O) groups excluding carboxylic acids is 1. The van der Waals surface area contributed by atoms with Gasteiger partial charge >= 0.3 is 12.3 Å². The number of ether oxygens (including phenoxy) is 1. The van der Waals surface area contributed by atoms with Crippen LogP contribution < -0.4 is 5.32 Å². The molecule has 1 amide bonds. The molecule has 1 aliphatic carbocycles. The second kappa shape index (κ2) is 5.60. The zero-order valence-corrected chi connectivity index (χ0v) is 13.8. The highest BCUT2D eigenvalue weighted by Gasteiger charge is 2.62. The van der Waals surface area contributed by atoms with Crippen LogP contribution in [0.15, 0.2) is 18.2 Å². The molecule has 1 fully saturated rings. The first-order valence-electron chi connectivity index (χ1n) is 6.72. The van der Waals surface area contributed by atoms with Crippen LogP contribution in [0.2, 0.25) is 5.02 Å². The molecule has 3 rings (SSSR count). The van der Waals surface area contributed by atoms with E-state index in [1.807, 2.05) is 0 Å². The van der Waals surface area contributed by atoms with Gasteiger partial charge in [-0.3, -0.25) is 5.32 Å². The summed E-state index contributed by atoms with van der Waals surface area (Å²) in [6, 6.07) is 3.81. The van der Waals surface area contributed by atoms with Crippen LogP contribution in [0.5, 0.6) is 0 Å². The molecule has 1 saturated carbocycles. The predicted molar refractivity (Wildman–Crippen MR) is 82.5 cm³/mol. The fraction of sp³-hybridized carbons (Fsp3) is 0.400. The molecule has 8 heteroatoms. The number of fused-ring (bicyclic) bond motifs is 1. The number of halogens is 5. The van der Waals surface area contributed by atoms with Crippen LogP contribution in [0.1, 0.15) is 12.0 Å². The quantitative estimate of drug-likeness (QED) is 0.541. The van der Waals surface area contributed by atoms with E-state index in [1.165, 1.54) is 12.1 Å². The van der Waals surface area contributed by atoms with Crippen LogP contribution in [0.3, 0.4) is 0 Å². The average molecular weight is 409 g/mol. The maximum absolute atomic E-state index is 13.8. The zero-order chi connectivity index (χ0) is 16.8. The predicted octanol–water partition coefficient (Wildman–Crippen LogP) is 4.69. The van der Waals surface area contributed by atoms with Gasteiger partial charge in [0.1, 0.15) is 0 Å². The fourth-order valence-corrected chi connectivity index (χ4v) is 3.30. The van der Waals surface area contributed by atoms with Crippen molar-refractivity contribution in [1.82, 2.24) is 0 Å². The highest BCUT2D eigenvalue weighted by molar-refractivity contribution is 9.09. The standard InChI is InChI=1S/C15H10BrClF3NO2/c16-7-9-5-8(9)3-4-14(15(18,19)20)11-6-10(17)1-2-12(11)21-13(22)23-14/h1-2,6,8-9H,5,7H2,(H,21,22). The van der Waals surface area contributed by atoms with Crippen molar-refractivity contribution in [2.45, 2.75) is 18.2 Å². The summed E-state index contributed by atoms with van der Waals surface area (Å²) >= 11 is 9.10. The highest BCUT2D eigenvalue weighted by Crippen LogP contribution is 2.48. The Kier molecular flexibility index (Phi) is 4.01. The van der Waals surface area contributed by atoms with Crippen molar-refractivity contribution >= 4 is 39.3 Å². The minimum absolute atomic E-state index is 0.00915. The summed E-state index contributed by atoms with van der Waals surface area (Å²) in [5.41, 5.74) is -3.32. The molecule has 0 radical (unpaired) electrons. The van der Waals surface area contributed by atoms with Gasteiger partial charge in [-0.15, -0.1) is 0 Å². The maximum Gasteiger partial charge on any atom is 0.445 e. The Balaban J connectivity index is 2.13. The summed E-state index contributed by atoms with van der Waals surface area (Å²) in [6.45, 7) is 0. The van der Waals surface area contributed by atoms with Crippen molar-refractivity contribution in [3.8, 4) is 11.8 Å². The molecule has 2 aliphatic rings. The monoisotopic (exact) mass is 407 g/mol. The molecule has 1 aromatic carbocycles. The number of anilines is 1. The normalized spacial score (nSPS) is 28.8. The van der Waals surface area contributed by atoms with Gasteiger partial charge in [-0.1, -0.05) is 33.5 Å². The Hall–Kier alpha value is -1.39. The van der Waals surface area contributed by atoms with Gasteiger partial charge in [0.2, 0.25) is 0 Å². The Morgan fingerprint density at radius 3 is 2.83 bits per heavy atom. The van der Waals surface area contributed by atoms with E-state index in [2.05, 4.69) is 37.8 Å². The first kappa shape index (κ1) is 16.5. The summed E-state index contributed by atoms with van der Waals surface area (Å²) in [7, 11) is 0. The van der Waals surface area contributed by atoms with Gasteiger partial charge in [0, 0.05) is 21.8 Å². The number of hydrogen-bond donors (Lipinski definition) is 1. The smallest absolute Gasteiger partial charge is 0.415 e. The molecule has 3 atom stereocenters. The number of benzene rings is 1. The van der Waals surface area contributed by atoms with Gasteiger partial charge in [-0.25, -0.2) is 4.79 Å². The SMILES string of the molecule is O=C1Nc2ccc(Cl)cc2C(C#CC2CC2CBr)(C(F)(F)F)O1.